The highest BCUT2D eigenvalue weighted by Crippen LogP contribution is 2.29. The van der Waals surface area contributed by atoms with Gasteiger partial charge in [0.15, 0.2) is 0 Å². The van der Waals surface area contributed by atoms with E-state index in [-0.39, 0.29) is 5.75 Å². The largest absolute Gasteiger partial charge is 0.507 e. The smallest absolute Gasteiger partial charge is 0.123 e. The summed E-state index contributed by atoms with van der Waals surface area (Å²) < 4.78 is 0. The minimum Gasteiger partial charge on any atom is -0.507 e. The fourth-order valence-electron chi connectivity index (χ4n) is 1.34. The summed E-state index contributed by atoms with van der Waals surface area (Å²) in [5.74, 6) is 0.226. The zero-order valence-electron chi connectivity index (χ0n) is 6.99. The topological polar surface area (TPSA) is 72.3 Å². The molecule has 66 valence electrons. The molecule has 2 aromatic carbocycles. The van der Waals surface area contributed by atoms with Crippen molar-refractivity contribution in [1.82, 2.24) is 0 Å². The van der Waals surface area contributed by atoms with E-state index in [1.807, 2.05) is 6.07 Å². The van der Waals surface area contributed by atoms with Gasteiger partial charge in [-0.2, -0.15) is 0 Å². The Morgan fingerprint density at radius 3 is 2.46 bits per heavy atom. The van der Waals surface area contributed by atoms with E-state index < -0.39 is 0 Å². The molecule has 0 fully saturated rings. The first kappa shape index (κ1) is 7.73. The van der Waals surface area contributed by atoms with E-state index in [9.17, 15) is 5.11 Å². The monoisotopic (exact) mass is 174 g/mol. The highest BCUT2D eigenvalue weighted by atomic mass is 16.3. The molecule has 3 nitrogen and oxygen atoms in total. The number of aromatic hydroxyl groups is 1. The number of hydrogen-bond donors (Lipinski definition) is 3. The molecular weight excluding hydrogens is 164 g/mol. The maximum atomic E-state index is 9.49. The van der Waals surface area contributed by atoms with Crippen LogP contribution in [0, 0.1) is 0 Å². The third kappa shape index (κ3) is 1.14. The van der Waals surface area contributed by atoms with Gasteiger partial charge in [0.05, 0.1) is 11.4 Å². The molecule has 0 saturated carbocycles. The average Bonchev–Trinajstić information content (AvgIpc) is 2.09. The van der Waals surface area contributed by atoms with Gasteiger partial charge in [-0.1, -0.05) is 12.1 Å². The molecular formula is C10H10N2O. The number of hydrogen-bond acceptors (Lipinski definition) is 3. The molecule has 0 heterocycles. The Morgan fingerprint density at radius 1 is 1.00 bits per heavy atom. The number of fused-ring (bicyclic) bond motifs is 1. The van der Waals surface area contributed by atoms with Crippen LogP contribution in [-0.4, -0.2) is 5.11 Å². The molecule has 5 N–H and O–H groups in total. The average molecular weight is 174 g/mol. The summed E-state index contributed by atoms with van der Waals surface area (Å²) in [5.41, 5.74) is 12.3. The van der Waals surface area contributed by atoms with Crippen LogP contribution in [0.2, 0.25) is 0 Å². The number of phenols is 1. The Bertz CT molecular complexity index is 466. The fourth-order valence-corrected chi connectivity index (χ4v) is 1.34. The van der Waals surface area contributed by atoms with Crippen LogP contribution < -0.4 is 11.5 Å². The summed E-state index contributed by atoms with van der Waals surface area (Å²) in [6.07, 6.45) is 0. The van der Waals surface area contributed by atoms with Gasteiger partial charge >= 0.3 is 0 Å². The second-order valence-electron chi connectivity index (χ2n) is 2.98. The molecule has 0 unspecified atom stereocenters. The van der Waals surface area contributed by atoms with Gasteiger partial charge in [-0.05, 0) is 23.6 Å². The third-order valence-electron chi connectivity index (χ3n) is 2.06. The Morgan fingerprint density at radius 2 is 1.69 bits per heavy atom. The maximum Gasteiger partial charge on any atom is 0.123 e. The number of rotatable bonds is 0. The molecule has 0 aliphatic heterocycles. The van der Waals surface area contributed by atoms with E-state index in [2.05, 4.69) is 0 Å². The van der Waals surface area contributed by atoms with Crippen molar-refractivity contribution in [3.63, 3.8) is 0 Å². The van der Waals surface area contributed by atoms with Crippen molar-refractivity contribution in [2.75, 3.05) is 11.5 Å². The molecule has 0 aromatic heterocycles. The summed E-state index contributed by atoms with van der Waals surface area (Å²) in [7, 11) is 0. The summed E-state index contributed by atoms with van der Waals surface area (Å²) in [6.45, 7) is 0. The van der Waals surface area contributed by atoms with Crippen molar-refractivity contribution >= 4 is 22.1 Å². The summed E-state index contributed by atoms with van der Waals surface area (Å²) in [5, 5.41) is 11.1. The van der Waals surface area contributed by atoms with Crippen LogP contribution in [0.1, 0.15) is 0 Å². The van der Waals surface area contributed by atoms with E-state index >= 15 is 0 Å². The fraction of sp³-hybridized carbons (Fsp3) is 0. The molecule has 0 bridgehead atoms. The number of phenolic OH excluding ortho intramolecular Hbond substituents is 1. The maximum absolute atomic E-state index is 9.49. The lowest BCUT2D eigenvalue weighted by molar-refractivity contribution is 0.481. The quantitative estimate of drug-likeness (QED) is 0.532. The van der Waals surface area contributed by atoms with Gasteiger partial charge in [0.2, 0.25) is 0 Å². The number of benzene rings is 2. The van der Waals surface area contributed by atoms with Crippen LogP contribution in [0.15, 0.2) is 30.3 Å². The molecule has 0 aliphatic carbocycles. The van der Waals surface area contributed by atoms with Gasteiger partial charge in [0, 0.05) is 5.39 Å². The third-order valence-corrected chi connectivity index (χ3v) is 2.06. The lowest BCUT2D eigenvalue weighted by atomic mass is 10.1. The zero-order valence-corrected chi connectivity index (χ0v) is 6.99. The highest BCUT2D eigenvalue weighted by molar-refractivity contribution is 5.94. The normalized spacial score (nSPS) is 10.5. The standard InChI is InChI=1S/C10H10N2O/c11-8-4-6-2-1-3-10(13)7(6)5-9(8)12/h1-5,13H,11-12H2. The molecule has 13 heavy (non-hydrogen) atoms. The SMILES string of the molecule is Nc1cc2cccc(O)c2cc1N. The first-order chi connectivity index (χ1) is 6.18. The molecule has 0 spiro atoms. The Hall–Kier alpha value is -1.90. The van der Waals surface area contributed by atoms with Crippen LogP contribution in [0.3, 0.4) is 0 Å². The molecule has 0 amide bonds. The highest BCUT2D eigenvalue weighted by Gasteiger charge is 2.01. The van der Waals surface area contributed by atoms with Gasteiger partial charge in [-0.3, -0.25) is 0 Å². The van der Waals surface area contributed by atoms with Crippen LogP contribution in [0.4, 0.5) is 11.4 Å². The van der Waals surface area contributed by atoms with Gasteiger partial charge < -0.3 is 16.6 Å². The molecule has 3 heteroatoms. The van der Waals surface area contributed by atoms with Crippen LogP contribution in [0.25, 0.3) is 10.8 Å². The van der Waals surface area contributed by atoms with Crippen molar-refractivity contribution in [3.8, 4) is 5.75 Å². The number of anilines is 2. The first-order valence-electron chi connectivity index (χ1n) is 3.95. The molecule has 2 rings (SSSR count). The molecule has 0 atom stereocenters. The van der Waals surface area contributed by atoms with Crippen LogP contribution in [0.5, 0.6) is 5.75 Å². The molecule has 0 aliphatic rings. The first-order valence-corrected chi connectivity index (χ1v) is 3.95. The summed E-state index contributed by atoms with van der Waals surface area (Å²) in [6, 6.07) is 8.71. The lowest BCUT2D eigenvalue weighted by Crippen LogP contribution is -1.93. The molecule has 0 radical (unpaired) electrons. The van der Waals surface area contributed by atoms with Crippen LogP contribution in [-0.2, 0) is 0 Å². The minimum absolute atomic E-state index is 0.226. The van der Waals surface area contributed by atoms with Gasteiger partial charge in [0.25, 0.3) is 0 Å². The van der Waals surface area contributed by atoms with Gasteiger partial charge in [-0.15, -0.1) is 0 Å². The second-order valence-corrected chi connectivity index (χ2v) is 2.98. The Labute approximate surface area is 75.6 Å². The van der Waals surface area contributed by atoms with Crippen molar-refractivity contribution < 1.29 is 5.11 Å². The second kappa shape index (κ2) is 2.55. The van der Waals surface area contributed by atoms with E-state index in [0.717, 1.165) is 10.8 Å². The van der Waals surface area contributed by atoms with E-state index in [4.69, 9.17) is 11.5 Å². The predicted octanol–water partition coefficient (Wildman–Crippen LogP) is 1.71. The van der Waals surface area contributed by atoms with Gasteiger partial charge in [-0.25, -0.2) is 0 Å². The lowest BCUT2D eigenvalue weighted by Gasteiger charge is -2.04. The van der Waals surface area contributed by atoms with Crippen LogP contribution >= 0.6 is 0 Å². The minimum atomic E-state index is 0.226. The van der Waals surface area contributed by atoms with E-state index in [1.54, 1.807) is 24.3 Å². The summed E-state index contributed by atoms with van der Waals surface area (Å²) in [4.78, 5) is 0. The van der Waals surface area contributed by atoms with E-state index in [1.165, 1.54) is 0 Å². The summed E-state index contributed by atoms with van der Waals surface area (Å²) >= 11 is 0. The zero-order chi connectivity index (χ0) is 9.42. The predicted molar refractivity (Wildman–Crippen MR) is 54.4 cm³/mol. The van der Waals surface area contributed by atoms with Crippen molar-refractivity contribution in [2.45, 2.75) is 0 Å². The Kier molecular flexibility index (Phi) is 1.52. The molecule has 0 saturated heterocycles. The van der Waals surface area contributed by atoms with Crippen molar-refractivity contribution in [2.24, 2.45) is 0 Å². The Balaban J connectivity index is 2.89. The number of nitrogens with two attached hydrogens (primary N) is 2. The van der Waals surface area contributed by atoms with Gasteiger partial charge in [0.1, 0.15) is 5.75 Å². The van der Waals surface area contributed by atoms with Crippen molar-refractivity contribution in [1.29, 1.82) is 0 Å². The molecule has 2 aromatic rings. The van der Waals surface area contributed by atoms with E-state index in [0.29, 0.717) is 11.4 Å². The van der Waals surface area contributed by atoms with Crippen molar-refractivity contribution in [3.05, 3.63) is 30.3 Å². The number of nitrogen functional groups attached to an aromatic ring is 2.